The van der Waals surface area contributed by atoms with Gasteiger partial charge >= 0.3 is 0 Å². The van der Waals surface area contributed by atoms with Gasteiger partial charge in [0.25, 0.3) is 5.91 Å². The first-order chi connectivity index (χ1) is 13.2. The van der Waals surface area contributed by atoms with Crippen LogP contribution < -0.4 is 10.6 Å². The number of fused-ring (bicyclic) bond motifs is 1. The average Bonchev–Trinajstić information content (AvgIpc) is 3.32. The third-order valence-electron chi connectivity index (χ3n) is 4.23. The molecule has 0 unspecified atom stereocenters. The molecule has 0 atom stereocenters. The summed E-state index contributed by atoms with van der Waals surface area (Å²) in [5, 5.41) is 9.40. The summed E-state index contributed by atoms with van der Waals surface area (Å²) in [5.41, 5.74) is 3.26. The number of amides is 2. The van der Waals surface area contributed by atoms with E-state index in [0.29, 0.717) is 24.9 Å². The molecule has 142 valence electrons. The molecular weight excluding hydrogens is 360 g/mol. The lowest BCUT2D eigenvalue weighted by molar-refractivity contribution is -0.116. The van der Waals surface area contributed by atoms with Gasteiger partial charge in [0, 0.05) is 36.0 Å². The molecule has 0 aliphatic rings. The van der Waals surface area contributed by atoms with Crippen molar-refractivity contribution in [3.8, 4) is 0 Å². The lowest BCUT2D eigenvalue weighted by Crippen LogP contribution is -2.25. The molecule has 0 aliphatic heterocycles. The van der Waals surface area contributed by atoms with Gasteiger partial charge in [-0.05, 0) is 42.5 Å². The van der Waals surface area contributed by atoms with Crippen LogP contribution in [0.4, 0.5) is 5.69 Å². The molecule has 7 heteroatoms. The summed E-state index contributed by atoms with van der Waals surface area (Å²) in [6, 6.07) is 7.47. The number of anilines is 1. The fraction of sp³-hybridized carbons (Fsp3) is 0.350. The van der Waals surface area contributed by atoms with Crippen molar-refractivity contribution in [3.05, 3.63) is 46.4 Å². The first kappa shape index (κ1) is 19.1. The monoisotopic (exact) mass is 384 g/mol. The number of H-pyrrole nitrogens is 1. The first-order valence-corrected chi connectivity index (χ1v) is 10.2. The van der Waals surface area contributed by atoms with Crippen molar-refractivity contribution in [2.45, 2.75) is 39.0 Å². The van der Waals surface area contributed by atoms with Crippen LogP contribution in [0.3, 0.4) is 0 Å². The van der Waals surface area contributed by atoms with Crippen LogP contribution in [0, 0.1) is 0 Å². The van der Waals surface area contributed by atoms with E-state index in [1.807, 2.05) is 23.6 Å². The Morgan fingerprint density at radius 1 is 1.22 bits per heavy atom. The van der Waals surface area contributed by atoms with E-state index in [2.05, 4.69) is 27.5 Å². The zero-order chi connectivity index (χ0) is 19.1. The van der Waals surface area contributed by atoms with Crippen molar-refractivity contribution in [3.63, 3.8) is 0 Å². The minimum atomic E-state index is -0.0970. The second-order valence-electron chi connectivity index (χ2n) is 6.44. The zero-order valence-corrected chi connectivity index (χ0v) is 16.2. The minimum Gasteiger partial charge on any atom is -0.352 e. The van der Waals surface area contributed by atoms with Gasteiger partial charge in [0.2, 0.25) is 5.91 Å². The molecular formula is C20H24N4O2S. The van der Waals surface area contributed by atoms with Crippen molar-refractivity contribution < 1.29 is 9.59 Å². The Kier molecular flexibility index (Phi) is 6.59. The number of carbonyl (C=O) groups excluding carboxylic acids is 2. The molecule has 2 aromatic heterocycles. The molecule has 0 spiro atoms. The highest BCUT2D eigenvalue weighted by atomic mass is 32.1. The number of nitrogens with zero attached hydrogens (tertiary/aromatic N) is 1. The van der Waals surface area contributed by atoms with E-state index in [0.717, 1.165) is 41.8 Å². The number of rotatable bonds is 9. The lowest BCUT2D eigenvalue weighted by atomic mass is 10.2. The van der Waals surface area contributed by atoms with E-state index in [1.165, 1.54) is 11.3 Å². The molecule has 0 radical (unpaired) electrons. The molecule has 0 saturated carbocycles. The Labute approximate surface area is 162 Å². The van der Waals surface area contributed by atoms with Crippen molar-refractivity contribution in [1.29, 1.82) is 0 Å². The first-order valence-electron chi connectivity index (χ1n) is 9.24. The van der Waals surface area contributed by atoms with Crippen LogP contribution in [0.1, 0.15) is 48.8 Å². The number of hydrogen-bond acceptors (Lipinski definition) is 4. The maximum absolute atomic E-state index is 12.1. The van der Waals surface area contributed by atoms with Crippen LogP contribution in [0.5, 0.6) is 0 Å². The van der Waals surface area contributed by atoms with Gasteiger partial charge in [0.1, 0.15) is 5.82 Å². The fourth-order valence-electron chi connectivity index (χ4n) is 2.77. The maximum Gasteiger partial charge on any atom is 0.252 e. The molecule has 3 N–H and O–H groups in total. The number of aryl methyl sites for hydroxylation is 1. The Morgan fingerprint density at radius 2 is 2.11 bits per heavy atom. The van der Waals surface area contributed by atoms with Crippen LogP contribution in [0.15, 0.2) is 35.0 Å². The third kappa shape index (κ3) is 5.40. The van der Waals surface area contributed by atoms with E-state index in [1.54, 1.807) is 11.4 Å². The van der Waals surface area contributed by atoms with E-state index in [9.17, 15) is 9.59 Å². The van der Waals surface area contributed by atoms with Crippen LogP contribution in [-0.4, -0.2) is 28.3 Å². The largest absolute Gasteiger partial charge is 0.352 e. The van der Waals surface area contributed by atoms with Crippen LogP contribution >= 0.6 is 11.3 Å². The summed E-state index contributed by atoms with van der Waals surface area (Å²) in [7, 11) is 0. The molecule has 6 nitrogen and oxygen atoms in total. The molecule has 3 aromatic rings. The Hall–Kier alpha value is -2.67. The summed E-state index contributed by atoms with van der Waals surface area (Å²) >= 11 is 1.49. The second kappa shape index (κ2) is 9.32. The predicted octanol–water partition coefficient (Wildman–Crippen LogP) is 4.12. The zero-order valence-electron chi connectivity index (χ0n) is 15.4. The number of imidazole rings is 1. The SMILES string of the molecule is CCCCc1nc2ccc(NC(=O)CCCNC(=O)c3ccsc3)cc2[nH]1. The van der Waals surface area contributed by atoms with Gasteiger partial charge < -0.3 is 15.6 Å². The fourth-order valence-corrected chi connectivity index (χ4v) is 3.41. The number of benzene rings is 1. The predicted molar refractivity (Wildman–Crippen MR) is 109 cm³/mol. The average molecular weight is 385 g/mol. The molecule has 0 aliphatic carbocycles. The second-order valence-corrected chi connectivity index (χ2v) is 7.22. The number of aromatic amines is 1. The smallest absolute Gasteiger partial charge is 0.252 e. The summed E-state index contributed by atoms with van der Waals surface area (Å²) in [5.74, 6) is 0.821. The Balaban J connectivity index is 1.45. The summed E-state index contributed by atoms with van der Waals surface area (Å²) in [6.45, 7) is 2.63. The summed E-state index contributed by atoms with van der Waals surface area (Å²) in [6.07, 6.45) is 4.12. The number of hydrogen-bond donors (Lipinski definition) is 3. The molecule has 0 fully saturated rings. The highest BCUT2D eigenvalue weighted by Crippen LogP contribution is 2.18. The van der Waals surface area contributed by atoms with Crippen molar-refractivity contribution >= 4 is 39.9 Å². The number of nitrogens with one attached hydrogen (secondary N) is 3. The van der Waals surface area contributed by atoms with E-state index < -0.39 is 0 Å². The van der Waals surface area contributed by atoms with E-state index in [4.69, 9.17) is 0 Å². The molecule has 2 amide bonds. The molecule has 2 heterocycles. The van der Waals surface area contributed by atoms with Gasteiger partial charge in [-0.2, -0.15) is 11.3 Å². The number of carbonyl (C=O) groups is 2. The van der Waals surface area contributed by atoms with E-state index in [-0.39, 0.29) is 11.8 Å². The molecule has 0 saturated heterocycles. The maximum atomic E-state index is 12.1. The van der Waals surface area contributed by atoms with Gasteiger partial charge in [0.05, 0.1) is 11.0 Å². The van der Waals surface area contributed by atoms with Crippen LogP contribution in [0.2, 0.25) is 0 Å². The Morgan fingerprint density at radius 3 is 2.89 bits per heavy atom. The summed E-state index contributed by atoms with van der Waals surface area (Å²) in [4.78, 5) is 31.8. The van der Waals surface area contributed by atoms with Gasteiger partial charge in [-0.15, -0.1) is 0 Å². The highest BCUT2D eigenvalue weighted by molar-refractivity contribution is 7.08. The molecule has 0 bridgehead atoms. The number of aromatic nitrogens is 2. The standard InChI is InChI=1S/C20H24N4O2S/c1-2-3-5-18-23-16-8-7-15(12-17(16)24-18)22-19(25)6-4-10-21-20(26)14-9-11-27-13-14/h7-9,11-13H,2-6,10H2,1H3,(H,21,26)(H,22,25)(H,23,24). The topological polar surface area (TPSA) is 86.9 Å². The number of thiophene rings is 1. The van der Waals surface area contributed by atoms with Crippen LogP contribution in [-0.2, 0) is 11.2 Å². The minimum absolute atomic E-state index is 0.0649. The Bertz CT molecular complexity index is 902. The van der Waals surface area contributed by atoms with Gasteiger partial charge in [-0.3, -0.25) is 9.59 Å². The highest BCUT2D eigenvalue weighted by Gasteiger charge is 2.08. The quantitative estimate of drug-likeness (QED) is 0.485. The third-order valence-corrected chi connectivity index (χ3v) is 4.91. The van der Waals surface area contributed by atoms with E-state index >= 15 is 0 Å². The van der Waals surface area contributed by atoms with Crippen molar-refractivity contribution in [2.24, 2.45) is 0 Å². The van der Waals surface area contributed by atoms with Crippen LogP contribution in [0.25, 0.3) is 11.0 Å². The van der Waals surface area contributed by atoms with Gasteiger partial charge in [-0.1, -0.05) is 13.3 Å². The molecule has 1 aromatic carbocycles. The summed E-state index contributed by atoms with van der Waals surface area (Å²) < 4.78 is 0. The van der Waals surface area contributed by atoms with Gasteiger partial charge in [0.15, 0.2) is 0 Å². The van der Waals surface area contributed by atoms with Gasteiger partial charge in [-0.25, -0.2) is 4.98 Å². The van der Waals surface area contributed by atoms with Crippen molar-refractivity contribution in [2.75, 3.05) is 11.9 Å². The molecule has 3 rings (SSSR count). The number of unbranched alkanes of at least 4 members (excludes halogenated alkanes) is 1. The molecule has 27 heavy (non-hydrogen) atoms. The normalized spacial score (nSPS) is 10.9. The van der Waals surface area contributed by atoms with Crippen molar-refractivity contribution in [1.82, 2.24) is 15.3 Å². The lowest BCUT2D eigenvalue weighted by Gasteiger charge is -2.06.